The average molecular weight is 425 g/mol. The van der Waals surface area contributed by atoms with Gasteiger partial charge >= 0.3 is 6.09 Å². The zero-order chi connectivity index (χ0) is 20.3. The van der Waals surface area contributed by atoms with Crippen molar-refractivity contribution in [1.29, 1.82) is 5.26 Å². The Bertz CT molecular complexity index is 1010. The largest absolute Gasteiger partial charge is 0.450 e. The number of nitrogens with zero attached hydrogens (tertiary/aromatic N) is 4. The molecule has 1 saturated heterocycles. The summed E-state index contributed by atoms with van der Waals surface area (Å²) in [5, 5.41) is 9.31. The molecule has 0 aliphatic carbocycles. The molecule has 0 bridgehead atoms. The molecule has 9 nitrogen and oxygen atoms in total. The van der Waals surface area contributed by atoms with Gasteiger partial charge in [-0.25, -0.2) is 13.2 Å². The van der Waals surface area contributed by atoms with Gasteiger partial charge in [0, 0.05) is 36.8 Å². The maximum Gasteiger partial charge on any atom is 0.409 e. The highest BCUT2D eigenvalue weighted by atomic mass is 35.5. The molecule has 0 N–H and O–H groups in total. The maximum atomic E-state index is 13.0. The molecule has 148 valence electrons. The molecule has 0 saturated carbocycles. The summed E-state index contributed by atoms with van der Waals surface area (Å²) in [6, 6.07) is 8.21. The SMILES string of the molecule is CCOC(=O)N1CCN(S(=O)(=O)c2oc(-c3ccc(Cl)cc3)nc2C#N)CC1. The Balaban J connectivity index is 1.83. The first-order chi connectivity index (χ1) is 13.4. The molecule has 3 rings (SSSR count). The quantitative estimate of drug-likeness (QED) is 0.739. The summed E-state index contributed by atoms with van der Waals surface area (Å²) >= 11 is 5.85. The maximum absolute atomic E-state index is 13.0. The van der Waals surface area contributed by atoms with Crippen LogP contribution in [-0.2, 0) is 14.8 Å². The van der Waals surface area contributed by atoms with Crippen molar-refractivity contribution in [3.05, 3.63) is 35.0 Å². The van der Waals surface area contributed by atoms with E-state index in [2.05, 4.69) is 4.98 Å². The lowest BCUT2D eigenvalue weighted by Gasteiger charge is -2.32. The second-order valence-electron chi connectivity index (χ2n) is 5.86. The van der Waals surface area contributed by atoms with E-state index >= 15 is 0 Å². The summed E-state index contributed by atoms with van der Waals surface area (Å²) in [4.78, 5) is 17.2. The van der Waals surface area contributed by atoms with Gasteiger partial charge in [0.15, 0.2) is 5.69 Å². The van der Waals surface area contributed by atoms with Gasteiger partial charge in [-0.05, 0) is 31.2 Å². The molecule has 0 spiro atoms. The van der Waals surface area contributed by atoms with Gasteiger partial charge in [0.1, 0.15) is 6.07 Å². The van der Waals surface area contributed by atoms with Gasteiger partial charge in [0.05, 0.1) is 6.61 Å². The number of piperazine rings is 1. The van der Waals surface area contributed by atoms with E-state index in [4.69, 9.17) is 20.8 Å². The fraction of sp³-hybridized carbons (Fsp3) is 0.353. The standard InChI is InChI=1S/C17H17ClN4O5S/c1-2-26-17(23)21-7-9-22(10-8-21)28(24,25)16-14(11-19)20-15(27-16)12-3-5-13(18)6-4-12/h3-6H,2,7-10H2,1H3. The van der Waals surface area contributed by atoms with Crippen molar-refractivity contribution in [2.75, 3.05) is 32.8 Å². The lowest BCUT2D eigenvalue weighted by molar-refractivity contribution is 0.0932. The van der Waals surface area contributed by atoms with Crippen LogP contribution in [0.25, 0.3) is 11.5 Å². The van der Waals surface area contributed by atoms with E-state index < -0.39 is 21.2 Å². The number of benzene rings is 1. The molecule has 1 amide bonds. The van der Waals surface area contributed by atoms with Gasteiger partial charge in [0.25, 0.3) is 15.1 Å². The molecule has 0 radical (unpaired) electrons. The Labute approximate surface area is 167 Å². The summed E-state index contributed by atoms with van der Waals surface area (Å²) in [6.07, 6.45) is -0.484. The van der Waals surface area contributed by atoms with E-state index in [1.807, 2.05) is 0 Å². The number of aromatic nitrogens is 1. The molecule has 2 aromatic rings. The third-order valence-electron chi connectivity index (χ3n) is 4.13. The Morgan fingerprint density at radius 1 is 1.29 bits per heavy atom. The molecular weight excluding hydrogens is 408 g/mol. The zero-order valence-electron chi connectivity index (χ0n) is 15.0. The highest BCUT2D eigenvalue weighted by molar-refractivity contribution is 7.89. The predicted octanol–water partition coefficient (Wildman–Crippen LogP) is 2.33. The molecule has 1 aromatic heterocycles. The number of amides is 1. The smallest absolute Gasteiger partial charge is 0.409 e. The van der Waals surface area contributed by atoms with Crippen LogP contribution in [-0.4, -0.2) is 61.5 Å². The van der Waals surface area contributed by atoms with E-state index in [-0.39, 0.29) is 44.4 Å². The van der Waals surface area contributed by atoms with Crippen LogP contribution in [0.15, 0.2) is 33.8 Å². The number of ether oxygens (including phenoxy) is 1. The van der Waals surface area contributed by atoms with Crippen LogP contribution in [0.5, 0.6) is 0 Å². The van der Waals surface area contributed by atoms with Gasteiger partial charge in [-0.15, -0.1) is 0 Å². The Kier molecular flexibility index (Phi) is 5.88. The number of nitriles is 1. The summed E-state index contributed by atoms with van der Waals surface area (Å²) in [5.41, 5.74) is 0.173. The summed E-state index contributed by atoms with van der Waals surface area (Å²) < 4.78 is 37.4. The van der Waals surface area contributed by atoms with E-state index in [9.17, 15) is 18.5 Å². The Morgan fingerprint density at radius 2 is 1.93 bits per heavy atom. The topological polar surface area (TPSA) is 117 Å². The second kappa shape index (κ2) is 8.18. The summed E-state index contributed by atoms with van der Waals surface area (Å²) in [7, 11) is -4.08. The number of carbonyl (C=O) groups is 1. The first-order valence-electron chi connectivity index (χ1n) is 8.45. The number of oxazole rings is 1. The summed E-state index contributed by atoms with van der Waals surface area (Å²) in [6.45, 7) is 2.42. The number of hydrogen-bond donors (Lipinski definition) is 0. The van der Waals surface area contributed by atoms with Crippen LogP contribution >= 0.6 is 11.6 Å². The minimum atomic E-state index is -4.08. The lowest BCUT2D eigenvalue weighted by atomic mass is 10.2. The van der Waals surface area contributed by atoms with Crippen LogP contribution < -0.4 is 0 Å². The van der Waals surface area contributed by atoms with Crippen molar-refractivity contribution in [1.82, 2.24) is 14.2 Å². The second-order valence-corrected chi connectivity index (χ2v) is 8.14. The minimum absolute atomic E-state index is 0.0111. The van der Waals surface area contributed by atoms with Crippen molar-refractivity contribution in [3.63, 3.8) is 0 Å². The molecule has 0 atom stereocenters. The van der Waals surface area contributed by atoms with E-state index in [0.29, 0.717) is 10.6 Å². The fourth-order valence-electron chi connectivity index (χ4n) is 2.71. The highest BCUT2D eigenvalue weighted by Gasteiger charge is 2.36. The van der Waals surface area contributed by atoms with Crippen LogP contribution in [0.4, 0.5) is 4.79 Å². The van der Waals surface area contributed by atoms with Gasteiger partial charge < -0.3 is 14.1 Å². The Morgan fingerprint density at radius 3 is 2.50 bits per heavy atom. The first kappa shape index (κ1) is 20.1. The molecule has 1 aliphatic heterocycles. The number of sulfonamides is 1. The van der Waals surface area contributed by atoms with E-state index in [0.717, 1.165) is 4.31 Å². The molecule has 1 aliphatic rings. The normalized spacial score (nSPS) is 15.2. The lowest BCUT2D eigenvalue weighted by Crippen LogP contribution is -2.50. The monoisotopic (exact) mass is 424 g/mol. The predicted molar refractivity (Wildman–Crippen MR) is 99.0 cm³/mol. The minimum Gasteiger partial charge on any atom is -0.450 e. The molecule has 2 heterocycles. The van der Waals surface area contributed by atoms with Crippen molar-refractivity contribution >= 4 is 27.7 Å². The number of hydrogen-bond acceptors (Lipinski definition) is 7. The number of carbonyl (C=O) groups excluding carboxylic acids is 1. The van der Waals surface area contributed by atoms with Crippen LogP contribution in [0.3, 0.4) is 0 Å². The zero-order valence-corrected chi connectivity index (χ0v) is 16.5. The number of halogens is 1. The molecular formula is C17H17ClN4O5S. The van der Waals surface area contributed by atoms with Crippen molar-refractivity contribution in [2.24, 2.45) is 0 Å². The van der Waals surface area contributed by atoms with Crippen molar-refractivity contribution in [3.8, 4) is 17.5 Å². The summed E-state index contributed by atoms with van der Waals surface area (Å²) in [5.74, 6) is 0.0111. The van der Waals surface area contributed by atoms with Gasteiger partial charge in [0.2, 0.25) is 5.89 Å². The van der Waals surface area contributed by atoms with E-state index in [1.54, 1.807) is 37.3 Å². The average Bonchev–Trinajstić information content (AvgIpc) is 3.14. The van der Waals surface area contributed by atoms with Gasteiger partial charge in [-0.1, -0.05) is 11.6 Å². The van der Waals surface area contributed by atoms with E-state index in [1.165, 1.54) is 4.90 Å². The van der Waals surface area contributed by atoms with Gasteiger partial charge in [-0.2, -0.15) is 14.6 Å². The third-order valence-corrected chi connectivity index (χ3v) is 6.17. The molecule has 1 fully saturated rings. The van der Waals surface area contributed by atoms with Crippen LogP contribution in [0, 0.1) is 11.3 Å². The van der Waals surface area contributed by atoms with Crippen LogP contribution in [0.1, 0.15) is 12.6 Å². The van der Waals surface area contributed by atoms with Crippen molar-refractivity contribution < 1.29 is 22.4 Å². The van der Waals surface area contributed by atoms with Gasteiger partial charge in [-0.3, -0.25) is 0 Å². The molecule has 11 heteroatoms. The third kappa shape index (κ3) is 3.96. The first-order valence-corrected chi connectivity index (χ1v) is 10.3. The molecule has 0 unspecified atom stereocenters. The Hall–Kier alpha value is -2.61. The molecule has 1 aromatic carbocycles. The highest BCUT2D eigenvalue weighted by Crippen LogP contribution is 2.28. The number of rotatable bonds is 4. The van der Waals surface area contributed by atoms with Crippen LogP contribution in [0.2, 0.25) is 5.02 Å². The molecule has 28 heavy (non-hydrogen) atoms. The fourth-order valence-corrected chi connectivity index (χ4v) is 4.23. The van der Waals surface area contributed by atoms with Crippen molar-refractivity contribution in [2.45, 2.75) is 12.0 Å².